The van der Waals surface area contributed by atoms with Gasteiger partial charge in [-0.3, -0.25) is 5.32 Å². The van der Waals surface area contributed by atoms with Crippen molar-refractivity contribution in [1.29, 1.82) is 0 Å². The van der Waals surface area contributed by atoms with Gasteiger partial charge in [0, 0.05) is 22.9 Å². The van der Waals surface area contributed by atoms with Crippen LogP contribution in [0.5, 0.6) is 5.75 Å². The standard InChI is InChI=1S/C16H21NO5/c1-10(14(19)21-5)8-11-6-7-12(9-13(11)18)17-15(20)22-16(2,3)4/h6-9,18H,1-5H3,(H,17,20)/b10-8+. The molecule has 1 aromatic rings. The van der Waals surface area contributed by atoms with E-state index in [-0.39, 0.29) is 5.75 Å². The molecule has 0 spiro atoms. The molecule has 0 aliphatic heterocycles. The topological polar surface area (TPSA) is 84.9 Å². The Kier molecular flexibility index (Phi) is 5.56. The van der Waals surface area contributed by atoms with Crippen LogP contribution in [0.4, 0.5) is 10.5 Å². The van der Waals surface area contributed by atoms with Gasteiger partial charge < -0.3 is 14.6 Å². The van der Waals surface area contributed by atoms with E-state index >= 15 is 0 Å². The van der Waals surface area contributed by atoms with Crippen molar-refractivity contribution < 1.29 is 24.2 Å². The van der Waals surface area contributed by atoms with E-state index in [1.165, 1.54) is 19.3 Å². The summed E-state index contributed by atoms with van der Waals surface area (Å²) >= 11 is 0. The second-order valence-corrected chi connectivity index (χ2v) is 5.72. The zero-order chi connectivity index (χ0) is 16.9. The van der Waals surface area contributed by atoms with Crippen LogP contribution in [0.2, 0.25) is 0 Å². The number of phenols is 1. The largest absolute Gasteiger partial charge is 0.507 e. The van der Waals surface area contributed by atoms with Crippen molar-refractivity contribution in [2.24, 2.45) is 0 Å². The molecule has 6 heteroatoms. The van der Waals surface area contributed by atoms with Gasteiger partial charge in [0.1, 0.15) is 11.4 Å². The van der Waals surface area contributed by atoms with E-state index in [4.69, 9.17) is 4.74 Å². The lowest BCUT2D eigenvalue weighted by molar-refractivity contribution is -0.135. The fourth-order valence-corrected chi connectivity index (χ4v) is 1.62. The molecule has 1 amide bonds. The Labute approximate surface area is 129 Å². The average molecular weight is 307 g/mol. The van der Waals surface area contributed by atoms with E-state index in [9.17, 15) is 14.7 Å². The summed E-state index contributed by atoms with van der Waals surface area (Å²) in [5.74, 6) is -0.549. The number of carbonyl (C=O) groups is 2. The van der Waals surface area contributed by atoms with Crippen molar-refractivity contribution in [3.8, 4) is 5.75 Å². The van der Waals surface area contributed by atoms with Crippen LogP contribution < -0.4 is 5.32 Å². The Bertz CT molecular complexity index is 599. The third-order valence-electron chi connectivity index (χ3n) is 2.56. The number of benzene rings is 1. The molecule has 0 atom stereocenters. The molecule has 2 N–H and O–H groups in total. The van der Waals surface area contributed by atoms with Crippen LogP contribution in [0, 0.1) is 0 Å². The fourth-order valence-electron chi connectivity index (χ4n) is 1.62. The van der Waals surface area contributed by atoms with Crippen molar-refractivity contribution in [3.05, 3.63) is 29.3 Å². The van der Waals surface area contributed by atoms with Crippen molar-refractivity contribution in [2.45, 2.75) is 33.3 Å². The Hall–Kier alpha value is -2.50. The first-order valence-electron chi connectivity index (χ1n) is 6.72. The van der Waals surface area contributed by atoms with E-state index in [2.05, 4.69) is 10.1 Å². The minimum atomic E-state index is -0.610. The molecule has 0 fully saturated rings. The van der Waals surface area contributed by atoms with Gasteiger partial charge in [0.05, 0.1) is 7.11 Å². The Morgan fingerprint density at radius 2 is 1.91 bits per heavy atom. The number of esters is 1. The maximum atomic E-state index is 11.6. The molecule has 1 rings (SSSR count). The summed E-state index contributed by atoms with van der Waals surface area (Å²) < 4.78 is 9.70. The first kappa shape index (κ1) is 17.6. The normalized spacial score (nSPS) is 11.8. The number of nitrogens with one attached hydrogen (secondary N) is 1. The zero-order valence-electron chi connectivity index (χ0n) is 13.4. The lowest BCUT2D eigenvalue weighted by Gasteiger charge is -2.19. The van der Waals surface area contributed by atoms with Gasteiger partial charge in [0.2, 0.25) is 0 Å². The average Bonchev–Trinajstić information content (AvgIpc) is 2.38. The second-order valence-electron chi connectivity index (χ2n) is 5.72. The highest BCUT2D eigenvalue weighted by Gasteiger charge is 2.16. The number of rotatable bonds is 3. The quantitative estimate of drug-likeness (QED) is 0.661. The Morgan fingerprint density at radius 1 is 1.27 bits per heavy atom. The third kappa shape index (κ3) is 5.47. The summed E-state index contributed by atoms with van der Waals surface area (Å²) in [6.45, 7) is 6.85. The molecule has 0 aliphatic carbocycles. The van der Waals surface area contributed by atoms with E-state index in [0.717, 1.165) is 0 Å². The molecule has 0 unspecified atom stereocenters. The molecular formula is C16H21NO5. The van der Waals surface area contributed by atoms with Gasteiger partial charge in [-0.15, -0.1) is 0 Å². The summed E-state index contributed by atoms with van der Waals surface area (Å²) in [6.07, 6.45) is 0.888. The number of phenolic OH excluding ortho intramolecular Hbond substituents is 1. The molecule has 0 saturated heterocycles. The van der Waals surface area contributed by atoms with Crippen LogP contribution in [0.3, 0.4) is 0 Å². The van der Waals surface area contributed by atoms with Gasteiger partial charge in [0.25, 0.3) is 0 Å². The second kappa shape index (κ2) is 6.98. The number of hydrogen-bond donors (Lipinski definition) is 2. The highest BCUT2D eigenvalue weighted by atomic mass is 16.6. The molecule has 22 heavy (non-hydrogen) atoms. The van der Waals surface area contributed by atoms with E-state index in [0.29, 0.717) is 16.8 Å². The molecule has 0 saturated carbocycles. The number of anilines is 1. The molecule has 1 aromatic carbocycles. The summed E-state index contributed by atoms with van der Waals surface area (Å²) in [5, 5.41) is 12.5. The summed E-state index contributed by atoms with van der Waals surface area (Å²) in [5.41, 5.74) is 0.579. The Morgan fingerprint density at radius 3 is 2.41 bits per heavy atom. The molecule has 0 radical (unpaired) electrons. The van der Waals surface area contributed by atoms with Crippen LogP contribution in [0.25, 0.3) is 6.08 Å². The highest BCUT2D eigenvalue weighted by Crippen LogP contribution is 2.25. The smallest absolute Gasteiger partial charge is 0.412 e. The predicted octanol–water partition coefficient (Wildman–Crippen LogP) is 3.32. The molecule has 0 heterocycles. The highest BCUT2D eigenvalue weighted by molar-refractivity contribution is 5.93. The molecule has 0 bridgehead atoms. The number of amides is 1. The minimum Gasteiger partial charge on any atom is -0.507 e. The SMILES string of the molecule is COC(=O)/C(C)=C/c1ccc(NC(=O)OC(C)(C)C)cc1O. The first-order chi connectivity index (χ1) is 10.1. The fraction of sp³-hybridized carbons (Fsp3) is 0.375. The molecule has 0 aliphatic rings. The van der Waals surface area contributed by atoms with Crippen LogP contribution in [-0.2, 0) is 14.3 Å². The van der Waals surface area contributed by atoms with Gasteiger partial charge in [-0.05, 0) is 45.9 Å². The first-order valence-corrected chi connectivity index (χ1v) is 6.72. The lowest BCUT2D eigenvalue weighted by Crippen LogP contribution is -2.27. The molecule has 6 nitrogen and oxygen atoms in total. The monoisotopic (exact) mass is 307 g/mol. The third-order valence-corrected chi connectivity index (χ3v) is 2.56. The number of methoxy groups -OCH3 is 1. The maximum Gasteiger partial charge on any atom is 0.412 e. The number of carbonyl (C=O) groups excluding carboxylic acids is 2. The van der Waals surface area contributed by atoms with Gasteiger partial charge in [0.15, 0.2) is 0 Å². The zero-order valence-corrected chi connectivity index (χ0v) is 13.4. The van der Waals surface area contributed by atoms with Crippen molar-refractivity contribution in [3.63, 3.8) is 0 Å². The van der Waals surface area contributed by atoms with E-state index in [1.807, 2.05) is 0 Å². The number of hydrogen-bond acceptors (Lipinski definition) is 5. The van der Waals surface area contributed by atoms with Gasteiger partial charge >= 0.3 is 12.1 Å². The lowest BCUT2D eigenvalue weighted by atomic mass is 10.1. The van der Waals surface area contributed by atoms with Crippen LogP contribution in [-0.4, -0.2) is 29.9 Å². The maximum absolute atomic E-state index is 11.6. The molecule has 0 aromatic heterocycles. The van der Waals surface area contributed by atoms with Gasteiger partial charge in [-0.25, -0.2) is 9.59 Å². The number of ether oxygens (including phenoxy) is 2. The molecular weight excluding hydrogens is 286 g/mol. The van der Waals surface area contributed by atoms with Crippen LogP contribution >= 0.6 is 0 Å². The van der Waals surface area contributed by atoms with E-state index < -0.39 is 17.7 Å². The van der Waals surface area contributed by atoms with Gasteiger partial charge in [-0.1, -0.05) is 0 Å². The summed E-state index contributed by atoms with van der Waals surface area (Å²) in [4.78, 5) is 23.0. The number of aromatic hydroxyl groups is 1. The van der Waals surface area contributed by atoms with E-state index in [1.54, 1.807) is 39.8 Å². The van der Waals surface area contributed by atoms with Crippen LogP contribution in [0.1, 0.15) is 33.3 Å². The van der Waals surface area contributed by atoms with Crippen molar-refractivity contribution in [2.75, 3.05) is 12.4 Å². The van der Waals surface area contributed by atoms with Gasteiger partial charge in [-0.2, -0.15) is 0 Å². The predicted molar refractivity (Wildman–Crippen MR) is 83.6 cm³/mol. The summed E-state index contributed by atoms with van der Waals surface area (Å²) in [6, 6.07) is 4.55. The van der Waals surface area contributed by atoms with Crippen molar-refractivity contribution in [1.82, 2.24) is 0 Å². The molecule has 120 valence electrons. The minimum absolute atomic E-state index is 0.0724. The van der Waals surface area contributed by atoms with Crippen LogP contribution in [0.15, 0.2) is 23.8 Å². The van der Waals surface area contributed by atoms with Crippen molar-refractivity contribution >= 4 is 23.8 Å². The summed E-state index contributed by atoms with van der Waals surface area (Å²) in [7, 11) is 1.29. The Balaban J connectivity index is 2.86.